The minimum atomic E-state index is -0.125. The zero-order valence-corrected chi connectivity index (χ0v) is 15.5. The number of nitrogens with one attached hydrogen (secondary N) is 2. The molecule has 0 saturated heterocycles. The lowest BCUT2D eigenvalue weighted by Crippen LogP contribution is -2.29. The average molecular weight is 372 g/mol. The van der Waals surface area contributed by atoms with E-state index in [1.165, 1.54) is 12.5 Å². The first kappa shape index (κ1) is 17.7. The Morgan fingerprint density at radius 3 is 2.61 bits per heavy atom. The van der Waals surface area contributed by atoms with E-state index in [0.717, 1.165) is 23.5 Å². The van der Waals surface area contributed by atoms with E-state index in [0.29, 0.717) is 17.9 Å². The van der Waals surface area contributed by atoms with E-state index in [1.54, 1.807) is 23.2 Å². The number of carbonyl (C=O) groups excluding carboxylic acids is 2. The number of amides is 2. The summed E-state index contributed by atoms with van der Waals surface area (Å²) in [6.45, 7) is 2.13. The quantitative estimate of drug-likeness (QED) is 0.726. The topological polar surface area (TPSA) is 74.3 Å². The monoisotopic (exact) mass is 372 g/mol. The predicted octanol–water partition coefficient (Wildman–Crippen LogP) is 3.99. The van der Waals surface area contributed by atoms with Crippen LogP contribution >= 0.6 is 0 Å². The van der Waals surface area contributed by atoms with Crippen LogP contribution in [0, 0.1) is 0 Å². The lowest BCUT2D eigenvalue weighted by atomic mass is 10.2. The molecule has 0 spiro atoms. The summed E-state index contributed by atoms with van der Waals surface area (Å²) < 4.78 is 0. The summed E-state index contributed by atoms with van der Waals surface area (Å²) in [5, 5.41) is 6.02. The van der Waals surface area contributed by atoms with Gasteiger partial charge in [-0.2, -0.15) is 0 Å². The Morgan fingerprint density at radius 2 is 1.75 bits per heavy atom. The molecule has 28 heavy (non-hydrogen) atoms. The van der Waals surface area contributed by atoms with Gasteiger partial charge in [-0.3, -0.25) is 14.6 Å². The number of para-hydroxylation sites is 1. The van der Waals surface area contributed by atoms with Crippen LogP contribution in [0.15, 0.2) is 66.9 Å². The van der Waals surface area contributed by atoms with Crippen LogP contribution in [-0.4, -0.2) is 23.3 Å². The summed E-state index contributed by atoms with van der Waals surface area (Å²) in [4.78, 5) is 30.3. The Morgan fingerprint density at radius 1 is 0.964 bits per heavy atom. The second-order valence-electron chi connectivity index (χ2n) is 6.65. The lowest BCUT2D eigenvalue weighted by molar-refractivity contribution is -0.114. The standard InChI is InChI=1S/C22H20N4O2/c1-15(27)24-17-6-4-7-18(13-17)25-19-9-11-23-20(14-19)22(28)26-12-10-16-5-2-3-8-21(16)26/h2-9,11,13-14H,10,12H2,1H3,(H,23,25)(H,24,27). The third-order valence-corrected chi connectivity index (χ3v) is 4.58. The van der Waals surface area contributed by atoms with Crippen molar-refractivity contribution in [1.29, 1.82) is 0 Å². The molecule has 140 valence electrons. The molecule has 0 radical (unpaired) electrons. The molecule has 2 heterocycles. The highest BCUT2D eigenvalue weighted by molar-refractivity contribution is 6.06. The molecule has 2 aromatic carbocycles. The van der Waals surface area contributed by atoms with Gasteiger partial charge < -0.3 is 15.5 Å². The molecule has 6 heteroatoms. The van der Waals surface area contributed by atoms with Crippen LogP contribution in [0.2, 0.25) is 0 Å². The first-order valence-corrected chi connectivity index (χ1v) is 9.11. The van der Waals surface area contributed by atoms with Crippen molar-refractivity contribution < 1.29 is 9.59 Å². The summed E-state index contributed by atoms with van der Waals surface area (Å²) in [6, 6.07) is 18.9. The maximum atomic E-state index is 13.0. The fourth-order valence-corrected chi connectivity index (χ4v) is 3.36. The number of fused-ring (bicyclic) bond motifs is 1. The first-order chi connectivity index (χ1) is 13.6. The number of hydrogen-bond acceptors (Lipinski definition) is 4. The van der Waals surface area contributed by atoms with Crippen molar-refractivity contribution >= 4 is 34.6 Å². The molecule has 1 aromatic heterocycles. The highest BCUT2D eigenvalue weighted by Gasteiger charge is 2.26. The Labute approximate surface area is 163 Å². The molecule has 3 aromatic rings. The van der Waals surface area contributed by atoms with E-state index in [1.807, 2.05) is 42.5 Å². The molecular weight excluding hydrogens is 352 g/mol. The van der Waals surface area contributed by atoms with Crippen LogP contribution in [0.3, 0.4) is 0 Å². The highest BCUT2D eigenvalue weighted by Crippen LogP contribution is 2.29. The molecule has 0 aliphatic carbocycles. The largest absolute Gasteiger partial charge is 0.355 e. The fraction of sp³-hybridized carbons (Fsp3) is 0.136. The van der Waals surface area contributed by atoms with Crippen molar-refractivity contribution in [2.45, 2.75) is 13.3 Å². The molecular formula is C22H20N4O2. The van der Waals surface area contributed by atoms with Gasteiger partial charge in [-0.25, -0.2) is 0 Å². The maximum absolute atomic E-state index is 13.0. The number of anilines is 4. The van der Waals surface area contributed by atoms with Gasteiger partial charge in [-0.1, -0.05) is 24.3 Å². The average Bonchev–Trinajstić information content (AvgIpc) is 3.11. The Kier molecular flexibility index (Phi) is 4.76. The van der Waals surface area contributed by atoms with Gasteiger partial charge in [-0.05, 0) is 48.4 Å². The number of hydrogen-bond donors (Lipinski definition) is 2. The first-order valence-electron chi connectivity index (χ1n) is 9.11. The van der Waals surface area contributed by atoms with E-state index in [9.17, 15) is 9.59 Å². The summed E-state index contributed by atoms with van der Waals surface area (Å²) in [5.74, 6) is -0.236. The minimum Gasteiger partial charge on any atom is -0.355 e. The highest BCUT2D eigenvalue weighted by atomic mass is 16.2. The summed E-state index contributed by atoms with van der Waals surface area (Å²) >= 11 is 0. The molecule has 0 bridgehead atoms. The lowest BCUT2D eigenvalue weighted by Gasteiger charge is -2.17. The number of rotatable bonds is 4. The molecule has 1 aliphatic heterocycles. The fourth-order valence-electron chi connectivity index (χ4n) is 3.36. The molecule has 2 amide bonds. The van der Waals surface area contributed by atoms with Crippen molar-refractivity contribution in [3.05, 3.63) is 78.1 Å². The third kappa shape index (κ3) is 3.71. The van der Waals surface area contributed by atoms with Gasteiger partial charge in [0.2, 0.25) is 5.91 Å². The van der Waals surface area contributed by atoms with E-state index in [2.05, 4.69) is 21.7 Å². The Bertz CT molecular complexity index is 1050. The van der Waals surface area contributed by atoms with Gasteiger partial charge in [-0.15, -0.1) is 0 Å². The van der Waals surface area contributed by atoms with E-state index in [4.69, 9.17) is 0 Å². The van der Waals surface area contributed by atoms with Crippen molar-refractivity contribution in [3.8, 4) is 0 Å². The Hall–Kier alpha value is -3.67. The number of aromatic nitrogens is 1. The molecule has 1 aliphatic rings. The molecule has 4 rings (SSSR count). The second-order valence-corrected chi connectivity index (χ2v) is 6.65. The molecule has 0 atom stereocenters. The van der Waals surface area contributed by atoms with Crippen LogP contribution < -0.4 is 15.5 Å². The van der Waals surface area contributed by atoms with Gasteiger partial charge in [0.1, 0.15) is 5.69 Å². The van der Waals surface area contributed by atoms with Crippen LogP contribution in [-0.2, 0) is 11.2 Å². The van der Waals surface area contributed by atoms with Gasteiger partial charge in [0.25, 0.3) is 5.91 Å². The minimum absolute atomic E-state index is 0.111. The third-order valence-electron chi connectivity index (χ3n) is 4.58. The van der Waals surface area contributed by atoms with Gasteiger partial charge in [0, 0.05) is 42.4 Å². The SMILES string of the molecule is CC(=O)Nc1cccc(Nc2ccnc(C(=O)N3CCc4ccccc43)c2)c1. The van der Waals surface area contributed by atoms with Crippen molar-refractivity contribution in [2.75, 3.05) is 22.1 Å². The van der Waals surface area contributed by atoms with E-state index in [-0.39, 0.29) is 11.8 Å². The predicted molar refractivity (Wildman–Crippen MR) is 110 cm³/mol. The molecule has 0 fully saturated rings. The summed E-state index contributed by atoms with van der Waals surface area (Å²) in [7, 11) is 0. The van der Waals surface area contributed by atoms with Gasteiger partial charge in [0.15, 0.2) is 0 Å². The molecule has 0 saturated carbocycles. The number of nitrogens with zero attached hydrogens (tertiary/aromatic N) is 2. The van der Waals surface area contributed by atoms with Crippen molar-refractivity contribution in [3.63, 3.8) is 0 Å². The van der Waals surface area contributed by atoms with Crippen LogP contribution in [0.25, 0.3) is 0 Å². The molecule has 2 N–H and O–H groups in total. The number of carbonyl (C=O) groups is 2. The zero-order chi connectivity index (χ0) is 19.5. The molecule has 6 nitrogen and oxygen atoms in total. The normalized spacial score (nSPS) is 12.4. The van der Waals surface area contributed by atoms with Gasteiger partial charge >= 0.3 is 0 Å². The number of benzene rings is 2. The second kappa shape index (κ2) is 7.52. The smallest absolute Gasteiger partial charge is 0.276 e. The summed E-state index contributed by atoms with van der Waals surface area (Å²) in [5.41, 5.74) is 4.79. The molecule has 0 unspecified atom stereocenters. The van der Waals surface area contributed by atoms with E-state index >= 15 is 0 Å². The zero-order valence-electron chi connectivity index (χ0n) is 15.5. The van der Waals surface area contributed by atoms with Crippen LogP contribution in [0.5, 0.6) is 0 Å². The van der Waals surface area contributed by atoms with Crippen LogP contribution in [0.4, 0.5) is 22.7 Å². The Balaban J connectivity index is 1.54. The summed E-state index contributed by atoms with van der Waals surface area (Å²) in [6.07, 6.45) is 2.48. The van der Waals surface area contributed by atoms with Crippen LogP contribution in [0.1, 0.15) is 23.0 Å². The number of pyridine rings is 1. The van der Waals surface area contributed by atoms with Crippen molar-refractivity contribution in [1.82, 2.24) is 4.98 Å². The van der Waals surface area contributed by atoms with Gasteiger partial charge in [0.05, 0.1) is 0 Å². The van der Waals surface area contributed by atoms with Crippen molar-refractivity contribution in [2.24, 2.45) is 0 Å². The van der Waals surface area contributed by atoms with E-state index < -0.39 is 0 Å². The maximum Gasteiger partial charge on any atom is 0.276 e.